The fourth-order valence-electron chi connectivity index (χ4n) is 2.79. The number of nitrogens with zero attached hydrogens (tertiary/aromatic N) is 2. The van der Waals surface area contributed by atoms with E-state index in [-0.39, 0.29) is 18.3 Å². The van der Waals surface area contributed by atoms with Gasteiger partial charge in [0.05, 0.1) is 7.11 Å². The number of ether oxygens (including phenoxy) is 2. The minimum Gasteiger partial charge on any atom is -0.497 e. The highest BCUT2D eigenvalue weighted by Gasteiger charge is 2.12. The van der Waals surface area contributed by atoms with Crippen molar-refractivity contribution in [3.63, 3.8) is 0 Å². The van der Waals surface area contributed by atoms with Gasteiger partial charge in [-0.3, -0.25) is 4.79 Å². The van der Waals surface area contributed by atoms with E-state index in [0.717, 1.165) is 39.4 Å². The monoisotopic (exact) mass is 440 g/mol. The normalized spacial score (nSPS) is 10.9. The molecule has 0 aliphatic heterocycles. The van der Waals surface area contributed by atoms with Crippen LogP contribution >= 0.6 is 23.4 Å². The third-order valence-corrected chi connectivity index (χ3v) is 5.37. The summed E-state index contributed by atoms with van der Waals surface area (Å²) in [6, 6.07) is 18.8. The maximum absolute atomic E-state index is 12.1. The summed E-state index contributed by atoms with van der Waals surface area (Å²) in [6.07, 6.45) is 0. The van der Waals surface area contributed by atoms with Crippen molar-refractivity contribution < 1.29 is 18.7 Å². The van der Waals surface area contributed by atoms with Crippen molar-refractivity contribution >= 4 is 40.1 Å². The van der Waals surface area contributed by atoms with Crippen LogP contribution in [0.3, 0.4) is 0 Å². The van der Waals surface area contributed by atoms with Crippen LogP contribution in [0.4, 0.5) is 0 Å². The number of benzene rings is 3. The first-order chi connectivity index (χ1) is 14.6. The van der Waals surface area contributed by atoms with Crippen molar-refractivity contribution in [2.75, 3.05) is 12.9 Å². The van der Waals surface area contributed by atoms with Gasteiger partial charge in [-0.15, -0.1) is 10.2 Å². The number of thioether (sulfide) groups is 1. The van der Waals surface area contributed by atoms with Gasteiger partial charge in [0.25, 0.3) is 5.22 Å². The quantitative estimate of drug-likeness (QED) is 0.282. The average Bonchev–Trinajstić information content (AvgIpc) is 3.25. The van der Waals surface area contributed by atoms with Crippen molar-refractivity contribution in [2.45, 2.75) is 11.8 Å². The number of carbonyl (C=O) groups is 1. The van der Waals surface area contributed by atoms with Gasteiger partial charge < -0.3 is 13.9 Å². The SMILES string of the molecule is COc1ccc2cc(COC(=O)CSc3nnc(-c4ccc(Cl)cc4)o3)ccc2c1. The third kappa shape index (κ3) is 4.93. The van der Waals surface area contributed by atoms with Crippen LogP contribution in [0.1, 0.15) is 5.56 Å². The highest BCUT2D eigenvalue weighted by molar-refractivity contribution is 7.99. The molecule has 1 heterocycles. The first-order valence-electron chi connectivity index (χ1n) is 9.05. The summed E-state index contributed by atoms with van der Waals surface area (Å²) >= 11 is 7.01. The van der Waals surface area contributed by atoms with E-state index in [0.29, 0.717) is 16.1 Å². The molecule has 0 unspecified atom stereocenters. The number of hydrogen-bond donors (Lipinski definition) is 0. The van der Waals surface area contributed by atoms with Gasteiger partial charge in [0, 0.05) is 10.6 Å². The number of esters is 1. The van der Waals surface area contributed by atoms with Crippen LogP contribution in [0.25, 0.3) is 22.2 Å². The molecule has 0 atom stereocenters. The molecule has 0 fully saturated rings. The molecule has 0 bridgehead atoms. The fraction of sp³-hybridized carbons (Fsp3) is 0.136. The van der Waals surface area contributed by atoms with E-state index in [2.05, 4.69) is 10.2 Å². The maximum atomic E-state index is 12.1. The number of methoxy groups -OCH3 is 1. The van der Waals surface area contributed by atoms with Gasteiger partial charge in [-0.1, -0.05) is 41.6 Å². The molecule has 8 heteroatoms. The van der Waals surface area contributed by atoms with Gasteiger partial charge in [-0.2, -0.15) is 0 Å². The Morgan fingerprint density at radius 2 is 1.80 bits per heavy atom. The van der Waals surface area contributed by atoms with Crippen molar-refractivity contribution in [3.8, 4) is 17.2 Å². The van der Waals surface area contributed by atoms with Gasteiger partial charge in [0.15, 0.2) is 0 Å². The zero-order valence-electron chi connectivity index (χ0n) is 16.0. The minimum absolute atomic E-state index is 0.0764. The zero-order chi connectivity index (χ0) is 20.9. The summed E-state index contributed by atoms with van der Waals surface area (Å²) in [7, 11) is 1.64. The Bertz CT molecular complexity index is 1180. The Balaban J connectivity index is 1.30. The van der Waals surface area contributed by atoms with Gasteiger partial charge in [-0.05, 0) is 58.8 Å². The van der Waals surface area contributed by atoms with E-state index in [1.54, 1.807) is 31.4 Å². The standard InChI is InChI=1S/C22H17ClN2O4S/c1-27-19-9-6-16-10-14(2-3-17(16)11-19)12-28-20(26)13-30-22-25-24-21(29-22)15-4-7-18(23)8-5-15/h2-11H,12-13H2,1H3. The average molecular weight is 441 g/mol. The molecule has 0 saturated heterocycles. The van der Waals surface area contributed by atoms with E-state index in [4.69, 9.17) is 25.5 Å². The van der Waals surface area contributed by atoms with Crippen LogP contribution in [0.2, 0.25) is 5.02 Å². The zero-order valence-corrected chi connectivity index (χ0v) is 17.6. The summed E-state index contributed by atoms with van der Waals surface area (Å²) in [4.78, 5) is 12.1. The molecule has 0 spiro atoms. The van der Waals surface area contributed by atoms with E-state index in [9.17, 15) is 4.79 Å². The lowest BCUT2D eigenvalue weighted by molar-refractivity contribution is -0.141. The van der Waals surface area contributed by atoms with Crippen LogP contribution in [0, 0.1) is 0 Å². The summed E-state index contributed by atoms with van der Waals surface area (Å²) < 4.78 is 16.2. The Hall–Kier alpha value is -3.03. The summed E-state index contributed by atoms with van der Waals surface area (Å²) in [5.41, 5.74) is 1.67. The molecular weight excluding hydrogens is 424 g/mol. The summed E-state index contributed by atoms with van der Waals surface area (Å²) in [6.45, 7) is 0.196. The topological polar surface area (TPSA) is 74.5 Å². The number of aromatic nitrogens is 2. The largest absolute Gasteiger partial charge is 0.497 e. The Kier molecular flexibility index (Phi) is 6.21. The molecule has 4 aromatic rings. The molecule has 0 aliphatic rings. The molecule has 152 valence electrons. The maximum Gasteiger partial charge on any atom is 0.316 e. The molecule has 6 nitrogen and oxygen atoms in total. The fourth-order valence-corrected chi connectivity index (χ4v) is 3.48. The number of rotatable bonds is 7. The highest BCUT2D eigenvalue weighted by atomic mass is 35.5. The van der Waals surface area contributed by atoms with Gasteiger partial charge in [-0.25, -0.2) is 0 Å². The molecule has 3 aromatic carbocycles. The lowest BCUT2D eigenvalue weighted by Gasteiger charge is -2.07. The van der Waals surface area contributed by atoms with Crippen LogP contribution in [0.5, 0.6) is 5.75 Å². The third-order valence-electron chi connectivity index (χ3n) is 4.32. The van der Waals surface area contributed by atoms with E-state index in [1.807, 2.05) is 36.4 Å². The molecule has 0 amide bonds. The van der Waals surface area contributed by atoms with E-state index in [1.165, 1.54) is 0 Å². The van der Waals surface area contributed by atoms with Crippen LogP contribution in [-0.4, -0.2) is 29.0 Å². The van der Waals surface area contributed by atoms with Crippen molar-refractivity contribution in [3.05, 3.63) is 71.2 Å². The van der Waals surface area contributed by atoms with E-state index >= 15 is 0 Å². The number of halogens is 1. The van der Waals surface area contributed by atoms with Gasteiger partial charge in [0.1, 0.15) is 18.1 Å². The minimum atomic E-state index is -0.360. The molecule has 0 aliphatic carbocycles. The smallest absolute Gasteiger partial charge is 0.316 e. The van der Waals surface area contributed by atoms with Crippen molar-refractivity contribution in [2.24, 2.45) is 0 Å². The first-order valence-corrected chi connectivity index (χ1v) is 10.4. The Morgan fingerprint density at radius 1 is 1.03 bits per heavy atom. The van der Waals surface area contributed by atoms with Gasteiger partial charge >= 0.3 is 5.97 Å². The molecule has 1 aromatic heterocycles. The summed E-state index contributed by atoms with van der Waals surface area (Å²) in [5.74, 6) is 0.892. The first kappa shape index (κ1) is 20.3. The van der Waals surface area contributed by atoms with Crippen molar-refractivity contribution in [1.29, 1.82) is 0 Å². The number of carbonyl (C=O) groups excluding carboxylic acids is 1. The number of fused-ring (bicyclic) bond motifs is 1. The molecule has 0 radical (unpaired) electrons. The van der Waals surface area contributed by atoms with Crippen LogP contribution in [-0.2, 0) is 16.1 Å². The second-order valence-electron chi connectivity index (χ2n) is 6.38. The van der Waals surface area contributed by atoms with Gasteiger partial charge in [0.2, 0.25) is 5.89 Å². The van der Waals surface area contributed by atoms with Crippen LogP contribution < -0.4 is 4.74 Å². The second-order valence-corrected chi connectivity index (χ2v) is 7.74. The Labute approximate surface area is 182 Å². The Morgan fingerprint density at radius 3 is 2.60 bits per heavy atom. The predicted molar refractivity (Wildman–Crippen MR) is 116 cm³/mol. The van der Waals surface area contributed by atoms with E-state index < -0.39 is 0 Å². The second kappa shape index (κ2) is 9.19. The molecule has 30 heavy (non-hydrogen) atoms. The molecular formula is C22H17ClN2O4S. The van der Waals surface area contributed by atoms with Crippen molar-refractivity contribution in [1.82, 2.24) is 10.2 Å². The predicted octanol–water partition coefficient (Wildman–Crippen LogP) is 5.39. The molecule has 4 rings (SSSR count). The lowest BCUT2D eigenvalue weighted by Crippen LogP contribution is -2.07. The molecule has 0 saturated carbocycles. The summed E-state index contributed by atoms with van der Waals surface area (Å²) in [5, 5.41) is 11.0. The van der Waals surface area contributed by atoms with Crippen LogP contribution in [0.15, 0.2) is 70.3 Å². The number of hydrogen-bond acceptors (Lipinski definition) is 7. The lowest BCUT2D eigenvalue weighted by atomic mass is 10.1. The molecule has 0 N–H and O–H groups in total. The highest BCUT2D eigenvalue weighted by Crippen LogP contribution is 2.25.